The van der Waals surface area contributed by atoms with Gasteiger partial charge in [0.1, 0.15) is 11.4 Å². The number of fused-ring (bicyclic) bond motifs is 1. The fourth-order valence-corrected chi connectivity index (χ4v) is 3.63. The molecule has 0 aliphatic carbocycles. The Hall–Kier alpha value is -2.02. The van der Waals surface area contributed by atoms with Gasteiger partial charge in [-0.1, -0.05) is 37.3 Å². The highest BCUT2D eigenvalue weighted by Gasteiger charge is 2.20. The van der Waals surface area contributed by atoms with Gasteiger partial charge >= 0.3 is 0 Å². The Morgan fingerprint density at radius 3 is 2.63 bits per heavy atom. The molecule has 144 valence electrons. The molecule has 0 radical (unpaired) electrons. The third-order valence-electron chi connectivity index (χ3n) is 3.95. The first-order valence-corrected chi connectivity index (χ1v) is 9.56. The van der Waals surface area contributed by atoms with Gasteiger partial charge in [0.15, 0.2) is 5.76 Å². The molecule has 0 saturated carbocycles. The second kappa shape index (κ2) is 10.3. The maximum absolute atomic E-state index is 13.9. The van der Waals surface area contributed by atoms with Crippen LogP contribution in [0.2, 0.25) is 0 Å². The fraction of sp³-hybridized carbons (Fsp3) is 0.250. The monoisotopic (exact) mass is 408 g/mol. The van der Waals surface area contributed by atoms with Crippen LogP contribution in [0.5, 0.6) is 0 Å². The molecule has 3 rings (SSSR count). The topological polar surface area (TPSA) is 54.3 Å². The summed E-state index contributed by atoms with van der Waals surface area (Å²) in [6.07, 6.45) is 0. The van der Waals surface area contributed by atoms with Crippen molar-refractivity contribution in [2.45, 2.75) is 17.6 Å². The third-order valence-corrected chi connectivity index (χ3v) is 5.03. The summed E-state index contributed by atoms with van der Waals surface area (Å²) in [7, 11) is 0. The number of benzene rings is 2. The van der Waals surface area contributed by atoms with Crippen molar-refractivity contribution in [3.63, 3.8) is 0 Å². The molecule has 0 atom stereocenters. The number of likely N-dealkylation sites (N-methyl/N-ethyl adjacent to an activating group) is 1. The van der Waals surface area contributed by atoms with Crippen molar-refractivity contribution in [2.75, 3.05) is 19.6 Å². The Kier molecular flexibility index (Phi) is 8.16. The van der Waals surface area contributed by atoms with Crippen LogP contribution in [0, 0.1) is 5.82 Å². The molecule has 0 aliphatic rings. The summed E-state index contributed by atoms with van der Waals surface area (Å²) in [5, 5.41) is 6.91. The van der Waals surface area contributed by atoms with Crippen molar-refractivity contribution in [3.8, 4) is 0 Å². The maximum Gasteiger partial charge on any atom is 0.287 e. The van der Waals surface area contributed by atoms with Crippen molar-refractivity contribution < 1.29 is 13.6 Å². The summed E-state index contributed by atoms with van der Waals surface area (Å²) >= 11 is 1.36. The van der Waals surface area contributed by atoms with Crippen LogP contribution in [-0.2, 0) is 5.75 Å². The van der Waals surface area contributed by atoms with Crippen molar-refractivity contribution in [1.82, 2.24) is 10.6 Å². The van der Waals surface area contributed by atoms with Crippen molar-refractivity contribution in [2.24, 2.45) is 0 Å². The third kappa shape index (κ3) is 5.25. The lowest BCUT2D eigenvalue weighted by Crippen LogP contribution is -2.31. The van der Waals surface area contributed by atoms with E-state index in [1.54, 1.807) is 18.2 Å². The molecular formula is C20H22ClFN2O2S. The number of nitrogens with one attached hydrogen (secondary N) is 2. The minimum Gasteiger partial charge on any atom is -0.451 e. The highest BCUT2D eigenvalue weighted by molar-refractivity contribution is 7.98. The van der Waals surface area contributed by atoms with Crippen molar-refractivity contribution >= 4 is 41.0 Å². The summed E-state index contributed by atoms with van der Waals surface area (Å²) in [6.45, 7) is 4.08. The zero-order valence-corrected chi connectivity index (χ0v) is 16.6. The largest absolute Gasteiger partial charge is 0.451 e. The zero-order valence-electron chi connectivity index (χ0n) is 15.0. The number of hydrogen-bond donors (Lipinski definition) is 2. The first-order valence-electron chi connectivity index (χ1n) is 8.57. The van der Waals surface area contributed by atoms with Crippen molar-refractivity contribution in [3.05, 3.63) is 65.7 Å². The van der Waals surface area contributed by atoms with E-state index in [1.807, 2.05) is 31.2 Å². The van der Waals surface area contributed by atoms with E-state index in [2.05, 4.69) is 10.6 Å². The zero-order chi connectivity index (χ0) is 18.4. The summed E-state index contributed by atoms with van der Waals surface area (Å²) in [6, 6.07) is 14.2. The molecular weight excluding hydrogens is 387 g/mol. The standard InChI is InChI=1S/C20H21FN2O2S.ClH/c1-2-22-11-12-23-20(24)19-15(14-7-3-5-9-17(14)25-19)13-26-18-10-6-4-8-16(18)21;/h3-10,22H,2,11-13H2,1H3,(H,23,24);1H. The molecule has 7 heteroatoms. The molecule has 4 nitrogen and oxygen atoms in total. The van der Waals surface area contributed by atoms with E-state index in [0.717, 1.165) is 17.5 Å². The number of hydrogen-bond acceptors (Lipinski definition) is 4. The molecule has 0 aliphatic heterocycles. The molecule has 1 heterocycles. The molecule has 1 amide bonds. The minimum atomic E-state index is -0.262. The number of para-hydroxylation sites is 1. The lowest BCUT2D eigenvalue weighted by molar-refractivity contribution is 0.0927. The molecule has 0 fully saturated rings. The van der Waals surface area contributed by atoms with E-state index in [9.17, 15) is 9.18 Å². The number of halogens is 2. The fourth-order valence-electron chi connectivity index (χ4n) is 2.66. The number of thioether (sulfide) groups is 1. The van der Waals surface area contributed by atoms with E-state index in [-0.39, 0.29) is 24.1 Å². The summed E-state index contributed by atoms with van der Waals surface area (Å²) in [5.41, 5.74) is 1.45. The molecule has 3 aromatic rings. The highest BCUT2D eigenvalue weighted by atomic mass is 35.5. The lowest BCUT2D eigenvalue weighted by atomic mass is 10.1. The Bertz CT molecular complexity index is 901. The molecule has 0 bridgehead atoms. The van der Waals surface area contributed by atoms with Crippen LogP contribution >= 0.6 is 24.2 Å². The van der Waals surface area contributed by atoms with E-state index >= 15 is 0 Å². The maximum atomic E-state index is 13.9. The second-order valence-corrected chi connectivity index (χ2v) is 6.75. The Morgan fingerprint density at radius 1 is 1.11 bits per heavy atom. The van der Waals surface area contributed by atoms with Gasteiger partial charge in [-0.25, -0.2) is 4.39 Å². The number of furan rings is 1. The Balaban J connectivity index is 0.00000261. The number of amides is 1. The number of carbonyl (C=O) groups excluding carboxylic acids is 1. The lowest BCUT2D eigenvalue weighted by Gasteiger charge is -2.06. The Morgan fingerprint density at radius 2 is 1.85 bits per heavy atom. The first-order chi connectivity index (χ1) is 12.7. The SMILES string of the molecule is CCNCCNC(=O)c1oc2ccccc2c1CSc1ccccc1F.Cl. The minimum absolute atomic E-state index is 0. The summed E-state index contributed by atoms with van der Waals surface area (Å²) < 4.78 is 19.7. The molecule has 0 saturated heterocycles. The quantitative estimate of drug-likeness (QED) is 0.421. The average molecular weight is 409 g/mol. The smallest absolute Gasteiger partial charge is 0.287 e. The Labute approximate surface area is 168 Å². The van der Waals surface area contributed by atoms with Gasteiger partial charge in [-0.3, -0.25) is 4.79 Å². The van der Waals surface area contributed by atoms with Crippen LogP contribution in [0.3, 0.4) is 0 Å². The van der Waals surface area contributed by atoms with Gasteiger partial charge in [0.05, 0.1) is 0 Å². The number of carbonyl (C=O) groups is 1. The van der Waals surface area contributed by atoms with E-state index in [1.165, 1.54) is 17.8 Å². The first kappa shape index (κ1) is 21.3. The molecule has 2 N–H and O–H groups in total. The summed E-state index contributed by atoms with van der Waals surface area (Å²) in [4.78, 5) is 13.1. The van der Waals surface area contributed by atoms with Gasteiger partial charge in [0.2, 0.25) is 0 Å². The van der Waals surface area contributed by atoms with Crippen LogP contribution in [0.25, 0.3) is 11.0 Å². The van der Waals surface area contributed by atoms with Gasteiger partial charge < -0.3 is 15.1 Å². The van der Waals surface area contributed by atoms with Crippen LogP contribution in [-0.4, -0.2) is 25.5 Å². The normalized spacial score (nSPS) is 10.6. The highest BCUT2D eigenvalue weighted by Crippen LogP contribution is 2.32. The van der Waals surface area contributed by atoms with Gasteiger partial charge in [-0.15, -0.1) is 24.2 Å². The van der Waals surface area contributed by atoms with Gasteiger partial charge in [-0.05, 0) is 24.7 Å². The van der Waals surface area contributed by atoms with Gasteiger partial charge in [0, 0.05) is 34.7 Å². The van der Waals surface area contributed by atoms with E-state index in [4.69, 9.17) is 4.42 Å². The average Bonchev–Trinajstić information content (AvgIpc) is 3.03. The molecule has 0 unspecified atom stereocenters. The van der Waals surface area contributed by atoms with E-state index in [0.29, 0.717) is 35.1 Å². The van der Waals surface area contributed by atoms with Crippen LogP contribution in [0.15, 0.2) is 57.8 Å². The van der Waals surface area contributed by atoms with Crippen LogP contribution in [0.4, 0.5) is 4.39 Å². The van der Waals surface area contributed by atoms with Gasteiger partial charge in [0.25, 0.3) is 5.91 Å². The molecule has 1 aromatic heterocycles. The molecule has 2 aromatic carbocycles. The number of rotatable bonds is 8. The van der Waals surface area contributed by atoms with Crippen LogP contribution in [0.1, 0.15) is 23.0 Å². The van der Waals surface area contributed by atoms with E-state index < -0.39 is 0 Å². The predicted octanol–water partition coefficient (Wildman–Crippen LogP) is 4.63. The summed E-state index contributed by atoms with van der Waals surface area (Å²) in [5.74, 6) is 0.241. The second-order valence-electron chi connectivity index (χ2n) is 5.73. The molecule has 0 spiro atoms. The van der Waals surface area contributed by atoms with Crippen molar-refractivity contribution in [1.29, 1.82) is 0 Å². The van der Waals surface area contributed by atoms with Crippen LogP contribution < -0.4 is 10.6 Å². The molecule has 27 heavy (non-hydrogen) atoms. The van der Waals surface area contributed by atoms with Gasteiger partial charge in [-0.2, -0.15) is 0 Å². The predicted molar refractivity (Wildman–Crippen MR) is 110 cm³/mol.